The van der Waals surface area contributed by atoms with Crippen LogP contribution in [-0.2, 0) is 0 Å². The number of methoxy groups -OCH3 is 1. The zero-order valence-electron chi connectivity index (χ0n) is 10.8. The number of hydrazone groups is 1. The number of aromatic hydroxyl groups is 1. The van der Waals surface area contributed by atoms with Crippen molar-refractivity contribution in [3.05, 3.63) is 35.2 Å². The molecular weight excluding hydrogens is 264 g/mol. The first kappa shape index (κ1) is 13.5. The summed E-state index contributed by atoms with van der Waals surface area (Å²) in [6.45, 7) is 1.59. The molecule has 1 aromatic carbocycles. The van der Waals surface area contributed by atoms with Gasteiger partial charge in [0, 0.05) is 0 Å². The second kappa shape index (κ2) is 5.83. The maximum atomic E-state index is 11.6. The Morgan fingerprint density at radius 1 is 1.50 bits per heavy atom. The van der Waals surface area contributed by atoms with E-state index < -0.39 is 5.91 Å². The van der Waals surface area contributed by atoms with Gasteiger partial charge in [0.1, 0.15) is 5.69 Å². The first-order valence-corrected chi connectivity index (χ1v) is 5.61. The number of aryl methyl sites for hydroxylation is 1. The van der Waals surface area contributed by atoms with Crippen molar-refractivity contribution in [1.82, 2.24) is 15.7 Å². The molecule has 0 unspecified atom stereocenters. The van der Waals surface area contributed by atoms with E-state index in [2.05, 4.69) is 25.5 Å². The standard InChI is InChI=1S/C12H12N4O4/c1-7-11(16-20-15-7)12(18)14-13-6-8-3-4-10(19-2)9(17)5-8/h3-6,17H,1-2H3,(H,14,18)/b13-6+. The van der Waals surface area contributed by atoms with E-state index in [1.807, 2.05) is 0 Å². The smallest absolute Gasteiger partial charge is 0.295 e. The van der Waals surface area contributed by atoms with Crippen LogP contribution in [0.1, 0.15) is 21.7 Å². The Morgan fingerprint density at radius 2 is 2.30 bits per heavy atom. The monoisotopic (exact) mass is 276 g/mol. The number of phenolic OH excluding ortho intramolecular Hbond substituents is 1. The third-order valence-corrected chi connectivity index (χ3v) is 2.45. The minimum Gasteiger partial charge on any atom is -0.504 e. The Kier molecular flexibility index (Phi) is 3.94. The van der Waals surface area contributed by atoms with Gasteiger partial charge in [-0.3, -0.25) is 4.79 Å². The van der Waals surface area contributed by atoms with Gasteiger partial charge in [-0.15, -0.1) is 0 Å². The average Bonchev–Trinajstić information content (AvgIpc) is 2.85. The van der Waals surface area contributed by atoms with Crippen molar-refractivity contribution in [2.24, 2.45) is 5.10 Å². The van der Waals surface area contributed by atoms with Crippen LogP contribution in [0.2, 0.25) is 0 Å². The molecule has 20 heavy (non-hydrogen) atoms. The van der Waals surface area contributed by atoms with Crippen LogP contribution in [0, 0.1) is 6.92 Å². The summed E-state index contributed by atoms with van der Waals surface area (Å²) < 4.78 is 9.33. The van der Waals surface area contributed by atoms with E-state index in [9.17, 15) is 9.90 Å². The number of phenols is 1. The molecule has 2 aromatic rings. The lowest BCUT2D eigenvalue weighted by atomic mass is 10.2. The van der Waals surface area contributed by atoms with Gasteiger partial charge in [0.15, 0.2) is 17.2 Å². The summed E-state index contributed by atoms with van der Waals surface area (Å²) >= 11 is 0. The minimum atomic E-state index is -0.530. The Morgan fingerprint density at radius 3 is 2.90 bits per heavy atom. The zero-order chi connectivity index (χ0) is 14.5. The minimum absolute atomic E-state index is 0.0145. The highest BCUT2D eigenvalue weighted by Gasteiger charge is 2.13. The van der Waals surface area contributed by atoms with Crippen molar-refractivity contribution < 1.29 is 19.3 Å². The van der Waals surface area contributed by atoms with Crippen LogP contribution < -0.4 is 10.2 Å². The second-order valence-electron chi connectivity index (χ2n) is 3.83. The molecule has 0 saturated carbocycles. The Bertz CT molecular complexity index is 651. The van der Waals surface area contributed by atoms with Gasteiger partial charge in [0.25, 0.3) is 5.91 Å². The van der Waals surface area contributed by atoms with E-state index in [-0.39, 0.29) is 11.4 Å². The molecule has 0 bridgehead atoms. The number of hydrogen-bond acceptors (Lipinski definition) is 7. The van der Waals surface area contributed by atoms with E-state index in [0.717, 1.165) is 0 Å². The molecule has 0 aliphatic heterocycles. The predicted molar refractivity (Wildman–Crippen MR) is 68.8 cm³/mol. The number of aromatic nitrogens is 2. The first-order chi connectivity index (χ1) is 9.61. The second-order valence-corrected chi connectivity index (χ2v) is 3.83. The number of rotatable bonds is 4. The molecule has 104 valence electrons. The summed E-state index contributed by atoms with van der Waals surface area (Å²) in [4.78, 5) is 11.6. The third kappa shape index (κ3) is 2.91. The number of carbonyl (C=O) groups excluding carboxylic acids is 1. The molecule has 1 aromatic heterocycles. The Labute approximate surface area is 114 Å². The molecule has 2 N–H and O–H groups in total. The van der Waals surface area contributed by atoms with Crippen LogP contribution in [-0.4, -0.2) is 34.7 Å². The molecule has 1 heterocycles. The van der Waals surface area contributed by atoms with Crippen molar-refractivity contribution in [3.63, 3.8) is 0 Å². The molecule has 8 heteroatoms. The molecule has 0 radical (unpaired) electrons. The first-order valence-electron chi connectivity index (χ1n) is 5.61. The van der Waals surface area contributed by atoms with Gasteiger partial charge in [-0.25, -0.2) is 10.1 Å². The third-order valence-electron chi connectivity index (χ3n) is 2.45. The van der Waals surface area contributed by atoms with Crippen molar-refractivity contribution in [2.75, 3.05) is 7.11 Å². The summed E-state index contributed by atoms with van der Waals surface area (Å²) in [6.07, 6.45) is 1.37. The summed E-state index contributed by atoms with van der Waals surface area (Å²) in [6, 6.07) is 4.72. The Hall–Kier alpha value is -2.90. The normalized spacial score (nSPS) is 10.7. The SMILES string of the molecule is COc1ccc(/C=N/NC(=O)c2nonc2C)cc1O. The van der Waals surface area contributed by atoms with Crippen LogP contribution in [0.5, 0.6) is 11.5 Å². The molecule has 2 rings (SSSR count). The van der Waals surface area contributed by atoms with E-state index in [4.69, 9.17) is 4.74 Å². The molecule has 0 aliphatic rings. The predicted octanol–water partition coefficient (Wildman–Crippen LogP) is 0.856. The molecule has 0 spiro atoms. The van der Waals surface area contributed by atoms with Crippen LogP contribution in [0.4, 0.5) is 0 Å². The highest BCUT2D eigenvalue weighted by Crippen LogP contribution is 2.25. The summed E-state index contributed by atoms with van der Waals surface area (Å²) in [5, 5.41) is 20.3. The summed E-state index contributed by atoms with van der Waals surface area (Å²) in [5.74, 6) is -0.187. The van der Waals surface area contributed by atoms with Crippen molar-refractivity contribution in [1.29, 1.82) is 0 Å². The maximum absolute atomic E-state index is 11.6. The van der Waals surface area contributed by atoms with Gasteiger partial charge < -0.3 is 9.84 Å². The molecule has 0 aliphatic carbocycles. The topological polar surface area (TPSA) is 110 Å². The summed E-state index contributed by atoms with van der Waals surface area (Å²) in [5.41, 5.74) is 3.32. The number of benzene rings is 1. The molecule has 0 fully saturated rings. The van der Waals surface area contributed by atoms with E-state index in [0.29, 0.717) is 17.0 Å². The summed E-state index contributed by atoms with van der Waals surface area (Å²) in [7, 11) is 1.46. The van der Waals surface area contributed by atoms with E-state index in [1.165, 1.54) is 19.4 Å². The van der Waals surface area contributed by atoms with Gasteiger partial charge in [-0.2, -0.15) is 5.10 Å². The van der Waals surface area contributed by atoms with Gasteiger partial charge >= 0.3 is 0 Å². The van der Waals surface area contributed by atoms with Crippen molar-refractivity contribution >= 4 is 12.1 Å². The molecule has 0 atom stereocenters. The fraction of sp³-hybridized carbons (Fsp3) is 0.167. The molecule has 0 saturated heterocycles. The van der Waals surface area contributed by atoms with Crippen LogP contribution in [0.15, 0.2) is 27.9 Å². The quantitative estimate of drug-likeness (QED) is 0.633. The lowest BCUT2D eigenvalue weighted by Gasteiger charge is -2.02. The molecule has 8 nitrogen and oxygen atoms in total. The van der Waals surface area contributed by atoms with Gasteiger partial charge in [0.2, 0.25) is 0 Å². The van der Waals surface area contributed by atoms with Crippen LogP contribution in [0.25, 0.3) is 0 Å². The highest BCUT2D eigenvalue weighted by molar-refractivity contribution is 5.93. The number of amides is 1. The average molecular weight is 276 g/mol. The fourth-order valence-electron chi connectivity index (χ4n) is 1.44. The lowest BCUT2D eigenvalue weighted by molar-refractivity contribution is 0.0945. The largest absolute Gasteiger partial charge is 0.504 e. The maximum Gasteiger partial charge on any atom is 0.295 e. The van der Waals surface area contributed by atoms with Gasteiger partial charge in [0.05, 0.1) is 13.3 Å². The number of nitrogens with zero attached hydrogens (tertiary/aromatic N) is 3. The highest BCUT2D eigenvalue weighted by atomic mass is 16.6. The number of hydrogen-bond donors (Lipinski definition) is 2. The van der Waals surface area contributed by atoms with Gasteiger partial charge in [-0.05, 0) is 35.8 Å². The van der Waals surface area contributed by atoms with E-state index in [1.54, 1.807) is 19.1 Å². The number of ether oxygens (including phenoxy) is 1. The van der Waals surface area contributed by atoms with Crippen molar-refractivity contribution in [3.8, 4) is 11.5 Å². The van der Waals surface area contributed by atoms with Crippen LogP contribution in [0.3, 0.4) is 0 Å². The number of nitrogens with one attached hydrogen (secondary N) is 1. The van der Waals surface area contributed by atoms with E-state index >= 15 is 0 Å². The Balaban J connectivity index is 2.02. The van der Waals surface area contributed by atoms with Crippen LogP contribution >= 0.6 is 0 Å². The van der Waals surface area contributed by atoms with Gasteiger partial charge in [-0.1, -0.05) is 5.16 Å². The number of carbonyl (C=O) groups is 1. The molecule has 1 amide bonds. The molecular formula is C12H12N4O4. The zero-order valence-corrected chi connectivity index (χ0v) is 10.8. The fourth-order valence-corrected chi connectivity index (χ4v) is 1.44. The lowest BCUT2D eigenvalue weighted by Crippen LogP contribution is -2.19. The van der Waals surface area contributed by atoms with Crippen molar-refractivity contribution in [2.45, 2.75) is 6.92 Å².